The largest absolute Gasteiger partial charge is 0.497 e. The molecule has 1 heterocycles. The number of anilines is 1. The first-order valence-electron chi connectivity index (χ1n) is 7.88. The Morgan fingerprint density at radius 1 is 1.00 bits per heavy atom. The summed E-state index contributed by atoms with van der Waals surface area (Å²) in [5, 5.41) is 9.75. The first-order chi connectivity index (χ1) is 12.0. The molecule has 1 aliphatic rings. The van der Waals surface area contributed by atoms with Crippen LogP contribution in [-0.2, 0) is 9.59 Å². The Hall–Kier alpha value is -3.02. The molecule has 2 atom stereocenters. The Morgan fingerprint density at radius 2 is 1.52 bits per heavy atom. The predicted octanol–water partition coefficient (Wildman–Crippen LogP) is 2.68. The molecule has 3 rings (SSSR count). The number of carboxylic acid groups (broad SMARTS) is 1. The number of hydrogen-bond donors (Lipinski definition) is 1. The lowest BCUT2D eigenvalue weighted by Crippen LogP contribution is -2.40. The molecule has 1 saturated heterocycles. The molecular formula is C19H19NO5. The molecule has 25 heavy (non-hydrogen) atoms. The van der Waals surface area contributed by atoms with Crippen molar-refractivity contribution in [2.45, 2.75) is 18.4 Å². The van der Waals surface area contributed by atoms with Crippen LogP contribution in [-0.4, -0.2) is 37.2 Å². The number of carbonyl (C=O) groups is 2. The van der Waals surface area contributed by atoms with Crippen molar-refractivity contribution in [2.75, 3.05) is 19.1 Å². The summed E-state index contributed by atoms with van der Waals surface area (Å²) in [5.41, 5.74) is 1.35. The van der Waals surface area contributed by atoms with Crippen LogP contribution in [0.2, 0.25) is 0 Å². The van der Waals surface area contributed by atoms with Crippen LogP contribution in [0.1, 0.15) is 17.9 Å². The fraction of sp³-hybridized carbons (Fsp3) is 0.263. The summed E-state index contributed by atoms with van der Waals surface area (Å²) < 4.78 is 10.2. The standard InChI is InChI=1S/C19H19NO5/c1-24-14-7-3-12(4-8-14)16-11-17(21)20(18(16)19(22)23)13-5-9-15(25-2)10-6-13/h3-10,16,18H,11H2,1-2H3,(H,22,23)/t16-,18+/m0/s1. The number of aliphatic carboxylic acids is 1. The normalized spacial score (nSPS) is 19.8. The molecule has 1 fully saturated rings. The van der Waals surface area contributed by atoms with Crippen molar-refractivity contribution < 1.29 is 24.2 Å². The minimum absolute atomic E-state index is 0.148. The molecule has 0 saturated carbocycles. The molecule has 0 bridgehead atoms. The van der Waals surface area contributed by atoms with Crippen molar-refractivity contribution in [3.63, 3.8) is 0 Å². The van der Waals surface area contributed by atoms with Crippen LogP contribution in [0.3, 0.4) is 0 Å². The highest BCUT2D eigenvalue weighted by molar-refractivity contribution is 6.03. The smallest absolute Gasteiger partial charge is 0.327 e. The summed E-state index contributed by atoms with van der Waals surface area (Å²) >= 11 is 0. The van der Waals surface area contributed by atoms with E-state index in [2.05, 4.69) is 0 Å². The van der Waals surface area contributed by atoms with Gasteiger partial charge in [-0.05, 0) is 42.0 Å². The maximum absolute atomic E-state index is 12.6. The second-order valence-corrected chi connectivity index (χ2v) is 5.83. The van der Waals surface area contributed by atoms with Crippen molar-refractivity contribution in [3.8, 4) is 11.5 Å². The number of amides is 1. The Balaban J connectivity index is 1.95. The monoisotopic (exact) mass is 341 g/mol. The molecule has 1 aliphatic heterocycles. The van der Waals surface area contributed by atoms with Gasteiger partial charge in [-0.15, -0.1) is 0 Å². The van der Waals surface area contributed by atoms with Crippen LogP contribution in [0.25, 0.3) is 0 Å². The van der Waals surface area contributed by atoms with Gasteiger partial charge < -0.3 is 14.6 Å². The van der Waals surface area contributed by atoms with E-state index in [4.69, 9.17) is 9.47 Å². The molecule has 1 amide bonds. The zero-order valence-electron chi connectivity index (χ0n) is 14.0. The van der Waals surface area contributed by atoms with Crippen molar-refractivity contribution in [3.05, 3.63) is 54.1 Å². The molecule has 130 valence electrons. The van der Waals surface area contributed by atoms with E-state index >= 15 is 0 Å². The summed E-state index contributed by atoms with van der Waals surface area (Å²) in [6, 6.07) is 13.0. The summed E-state index contributed by atoms with van der Waals surface area (Å²) in [5.74, 6) is -0.320. The van der Waals surface area contributed by atoms with Gasteiger partial charge in [-0.1, -0.05) is 12.1 Å². The number of nitrogens with zero attached hydrogens (tertiary/aromatic N) is 1. The van der Waals surface area contributed by atoms with E-state index < -0.39 is 17.9 Å². The van der Waals surface area contributed by atoms with Gasteiger partial charge in [0.25, 0.3) is 0 Å². The summed E-state index contributed by atoms with van der Waals surface area (Å²) in [6.07, 6.45) is 0.148. The number of hydrogen-bond acceptors (Lipinski definition) is 4. The Kier molecular flexibility index (Phi) is 4.61. The fourth-order valence-electron chi connectivity index (χ4n) is 3.21. The molecule has 6 nitrogen and oxygen atoms in total. The first-order valence-corrected chi connectivity index (χ1v) is 7.88. The van der Waals surface area contributed by atoms with Gasteiger partial charge in [0.05, 0.1) is 14.2 Å². The van der Waals surface area contributed by atoms with Gasteiger partial charge in [0.1, 0.15) is 17.5 Å². The molecule has 0 aromatic heterocycles. The average molecular weight is 341 g/mol. The van der Waals surface area contributed by atoms with Crippen LogP contribution >= 0.6 is 0 Å². The zero-order chi connectivity index (χ0) is 18.0. The maximum Gasteiger partial charge on any atom is 0.327 e. The third kappa shape index (κ3) is 3.15. The second-order valence-electron chi connectivity index (χ2n) is 5.83. The van der Waals surface area contributed by atoms with Gasteiger partial charge in [-0.3, -0.25) is 9.69 Å². The van der Waals surface area contributed by atoms with Gasteiger partial charge in [-0.25, -0.2) is 4.79 Å². The van der Waals surface area contributed by atoms with Crippen molar-refractivity contribution >= 4 is 17.6 Å². The van der Waals surface area contributed by atoms with E-state index in [-0.39, 0.29) is 12.3 Å². The molecular weight excluding hydrogens is 322 g/mol. The molecule has 1 N–H and O–H groups in total. The number of methoxy groups -OCH3 is 2. The van der Waals surface area contributed by atoms with E-state index in [1.165, 1.54) is 4.90 Å². The minimum Gasteiger partial charge on any atom is -0.497 e. The lowest BCUT2D eigenvalue weighted by molar-refractivity contribution is -0.139. The summed E-state index contributed by atoms with van der Waals surface area (Å²) in [6.45, 7) is 0. The highest BCUT2D eigenvalue weighted by Crippen LogP contribution is 2.38. The number of rotatable bonds is 5. The van der Waals surface area contributed by atoms with Gasteiger partial charge >= 0.3 is 5.97 Å². The molecule has 0 aliphatic carbocycles. The third-order valence-electron chi connectivity index (χ3n) is 4.47. The SMILES string of the molecule is COc1ccc([C@@H]2CC(=O)N(c3ccc(OC)cc3)[C@H]2C(=O)O)cc1. The fourth-order valence-corrected chi connectivity index (χ4v) is 3.21. The minimum atomic E-state index is -1.03. The third-order valence-corrected chi connectivity index (χ3v) is 4.47. The number of ether oxygens (including phenoxy) is 2. The Bertz CT molecular complexity index is 769. The quantitative estimate of drug-likeness (QED) is 0.905. The first kappa shape index (κ1) is 16.8. The second kappa shape index (κ2) is 6.84. The molecule has 2 aromatic carbocycles. The molecule has 0 spiro atoms. The van der Waals surface area contributed by atoms with Crippen LogP contribution in [0.5, 0.6) is 11.5 Å². The summed E-state index contributed by atoms with van der Waals surface area (Å²) in [4.78, 5) is 25.8. The molecule has 0 radical (unpaired) electrons. The van der Waals surface area contributed by atoms with Gasteiger partial charge in [0, 0.05) is 18.0 Å². The summed E-state index contributed by atoms with van der Waals surface area (Å²) in [7, 11) is 3.12. The Labute approximate surface area is 145 Å². The van der Waals surface area contributed by atoms with Crippen LogP contribution in [0, 0.1) is 0 Å². The molecule has 0 unspecified atom stereocenters. The van der Waals surface area contributed by atoms with Crippen molar-refractivity contribution in [2.24, 2.45) is 0 Å². The van der Waals surface area contributed by atoms with Crippen LogP contribution < -0.4 is 14.4 Å². The van der Waals surface area contributed by atoms with E-state index in [0.29, 0.717) is 17.2 Å². The van der Waals surface area contributed by atoms with Crippen molar-refractivity contribution in [1.82, 2.24) is 0 Å². The number of carbonyl (C=O) groups excluding carboxylic acids is 1. The van der Waals surface area contributed by atoms with Crippen LogP contribution in [0.15, 0.2) is 48.5 Å². The molecule has 6 heteroatoms. The number of carboxylic acids is 1. The lowest BCUT2D eigenvalue weighted by atomic mass is 9.91. The molecule has 2 aromatic rings. The maximum atomic E-state index is 12.6. The van der Waals surface area contributed by atoms with Gasteiger partial charge in [-0.2, -0.15) is 0 Å². The number of benzene rings is 2. The Morgan fingerprint density at radius 3 is 2.00 bits per heavy atom. The van der Waals surface area contributed by atoms with E-state index in [1.807, 2.05) is 12.1 Å². The van der Waals surface area contributed by atoms with E-state index in [9.17, 15) is 14.7 Å². The van der Waals surface area contributed by atoms with Gasteiger partial charge in [0.15, 0.2) is 0 Å². The van der Waals surface area contributed by atoms with E-state index in [0.717, 1.165) is 5.56 Å². The topological polar surface area (TPSA) is 76.1 Å². The van der Waals surface area contributed by atoms with E-state index in [1.54, 1.807) is 50.6 Å². The van der Waals surface area contributed by atoms with Crippen molar-refractivity contribution in [1.29, 1.82) is 0 Å². The zero-order valence-corrected chi connectivity index (χ0v) is 14.0. The average Bonchev–Trinajstić information content (AvgIpc) is 2.99. The lowest BCUT2D eigenvalue weighted by Gasteiger charge is -2.25. The highest BCUT2D eigenvalue weighted by Gasteiger charge is 2.45. The predicted molar refractivity (Wildman–Crippen MR) is 92.3 cm³/mol. The highest BCUT2D eigenvalue weighted by atomic mass is 16.5. The van der Waals surface area contributed by atoms with Gasteiger partial charge in [0.2, 0.25) is 5.91 Å². The van der Waals surface area contributed by atoms with Crippen LogP contribution in [0.4, 0.5) is 5.69 Å².